The molecule has 0 heterocycles. The smallest absolute Gasteiger partial charge is 0.488 e. The van der Waals surface area contributed by atoms with Crippen molar-refractivity contribution >= 4 is 51.7 Å². The normalized spacial score (nSPS) is 9.88. The standard InChI is InChI=1S/C8H10BClO3.C8H8BrClO/c1-5-3-8(13-2)7(10)4-6(5)9(11)12;1-5-3-8(11-2)7(10)4-6(5)9/h3-4,11-12H,1-2H3;3-4H,1-2H3. The third-order valence-corrected chi connectivity index (χ3v) is 4.70. The van der Waals surface area contributed by atoms with E-state index in [-0.39, 0.29) is 0 Å². The maximum Gasteiger partial charge on any atom is 0.488 e. The molecule has 24 heavy (non-hydrogen) atoms. The summed E-state index contributed by atoms with van der Waals surface area (Å²) in [6.45, 7) is 3.75. The van der Waals surface area contributed by atoms with Crippen LogP contribution in [-0.2, 0) is 0 Å². The van der Waals surface area contributed by atoms with E-state index in [1.54, 1.807) is 20.1 Å². The number of hydrogen-bond acceptors (Lipinski definition) is 4. The van der Waals surface area contributed by atoms with E-state index in [9.17, 15) is 0 Å². The van der Waals surface area contributed by atoms with Gasteiger partial charge in [-0.2, -0.15) is 0 Å². The molecular formula is C16H18BBrCl2O4. The Morgan fingerprint density at radius 1 is 0.875 bits per heavy atom. The quantitative estimate of drug-likeness (QED) is 0.721. The number of ether oxygens (including phenoxy) is 2. The van der Waals surface area contributed by atoms with Crippen molar-refractivity contribution in [3.63, 3.8) is 0 Å². The van der Waals surface area contributed by atoms with Crippen molar-refractivity contribution in [2.75, 3.05) is 14.2 Å². The minimum absolute atomic E-state index is 0.371. The van der Waals surface area contributed by atoms with Gasteiger partial charge in [-0.1, -0.05) is 39.1 Å². The Bertz CT molecular complexity index is 711. The number of benzene rings is 2. The summed E-state index contributed by atoms with van der Waals surface area (Å²) in [5.74, 6) is 1.25. The average Bonchev–Trinajstić information content (AvgIpc) is 2.53. The van der Waals surface area contributed by atoms with Crippen LogP contribution >= 0.6 is 39.1 Å². The molecule has 2 rings (SSSR count). The topological polar surface area (TPSA) is 58.9 Å². The van der Waals surface area contributed by atoms with E-state index < -0.39 is 7.12 Å². The van der Waals surface area contributed by atoms with Gasteiger partial charge < -0.3 is 19.5 Å². The summed E-state index contributed by atoms with van der Waals surface area (Å²) >= 11 is 15.0. The van der Waals surface area contributed by atoms with Crippen LogP contribution in [0, 0.1) is 13.8 Å². The molecule has 0 aromatic heterocycles. The summed E-state index contributed by atoms with van der Waals surface area (Å²) < 4.78 is 11.0. The fourth-order valence-corrected chi connectivity index (χ4v) is 2.86. The highest BCUT2D eigenvalue weighted by Gasteiger charge is 2.16. The second kappa shape index (κ2) is 9.54. The molecule has 0 bridgehead atoms. The van der Waals surface area contributed by atoms with Crippen LogP contribution in [-0.4, -0.2) is 31.4 Å². The largest absolute Gasteiger partial charge is 0.495 e. The Labute approximate surface area is 160 Å². The molecular weight excluding hydrogens is 418 g/mol. The van der Waals surface area contributed by atoms with Gasteiger partial charge in [-0.15, -0.1) is 0 Å². The van der Waals surface area contributed by atoms with E-state index in [0.717, 1.165) is 15.6 Å². The van der Waals surface area contributed by atoms with Crippen molar-refractivity contribution in [2.24, 2.45) is 0 Å². The summed E-state index contributed by atoms with van der Waals surface area (Å²) in [6.07, 6.45) is 0. The van der Waals surface area contributed by atoms with Crippen LogP contribution in [0.4, 0.5) is 0 Å². The molecule has 0 saturated heterocycles. The molecule has 0 aliphatic carbocycles. The first kappa shape index (κ1) is 21.1. The van der Waals surface area contributed by atoms with Crippen molar-refractivity contribution in [1.82, 2.24) is 0 Å². The molecule has 0 saturated carbocycles. The molecule has 0 atom stereocenters. The second-order valence-electron chi connectivity index (χ2n) is 4.95. The Hall–Kier alpha value is -0.915. The third-order valence-electron chi connectivity index (χ3n) is 3.25. The highest BCUT2D eigenvalue weighted by molar-refractivity contribution is 9.10. The molecule has 0 radical (unpaired) electrons. The number of rotatable bonds is 3. The number of halogens is 3. The molecule has 0 fully saturated rings. The predicted molar refractivity (Wildman–Crippen MR) is 103 cm³/mol. The van der Waals surface area contributed by atoms with Crippen molar-refractivity contribution < 1.29 is 19.5 Å². The van der Waals surface area contributed by atoms with Crippen molar-refractivity contribution in [2.45, 2.75) is 13.8 Å². The summed E-state index contributed by atoms with van der Waals surface area (Å²) in [4.78, 5) is 0. The van der Waals surface area contributed by atoms with Gasteiger partial charge in [0.05, 0.1) is 24.3 Å². The summed E-state index contributed by atoms with van der Waals surface area (Å²) in [6, 6.07) is 6.87. The molecule has 130 valence electrons. The van der Waals surface area contributed by atoms with Crippen LogP contribution in [0.3, 0.4) is 0 Å². The Morgan fingerprint density at radius 3 is 1.79 bits per heavy atom. The Kier molecular flexibility index (Phi) is 8.40. The van der Waals surface area contributed by atoms with Crippen LogP contribution in [0.25, 0.3) is 0 Å². The van der Waals surface area contributed by atoms with E-state index in [1.165, 1.54) is 13.2 Å². The minimum atomic E-state index is -1.50. The molecule has 8 heteroatoms. The Morgan fingerprint density at radius 2 is 1.33 bits per heavy atom. The number of aryl methyl sites for hydroxylation is 2. The molecule has 2 N–H and O–H groups in total. The minimum Gasteiger partial charge on any atom is -0.495 e. The van der Waals surface area contributed by atoms with Crippen LogP contribution in [0.5, 0.6) is 11.5 Å². The molecule has 0 aliphatic heterocycles. The maximum atomic E-state index is 8.95. The van der Waals surface area contributed by atoms with Crippen LogP contribution < -0.4 is 14.9 Å². The summed E-state index contributed by atoms with van der Waals surface area (Å²) in [5, 5.41) is 18.9. The SMILES string of the molecule is COc1cc(C)c(B(O)O)cc1Cl.COc1cc(C)c(Br)cc1Cl. The van der Waals surface area contributed by atoms with Gasteiger partial charge in [-0.3, -0.25) is 0 Å². The van der Waals surface area contributed by atoms with Gasteiger partial charge in [0.2, 0.25) is 0 Å². The van der Waals surface area contributed by atoms with Gasteiger partial charge in [-0.25, -0.2) is 0 Å². The van der Waals surface area contributed by atoms with Crippen molar-refractivity contribution in [1.29, 1.82) is 0 Å². The van der Waals surface area contributed by atoms with E-state index in [0.29, 0.717) is 27.0 Å². The fourth-order valence-electron chi connectivity index (χ4n) is 1.89. The predicted octanol–water partition coefficient (Wildman–Crippen LogP) is 3.76. The second-order valence-corrected chi connectivity index (χ2v) is 6.62. The third kappa shape index (κ3) is 5.57. The Balaban J connectivity index is 0.000000243. The van der Waals surface area contributed by atoms with E-state index in [1.807, 2.05) is 19.1 Å². The first-order valence-electron chi connectivity index (χ1n) is 6.91. The molecule has 0 spiro atoms. The van der Waals surface area contributed by atoms with Gasteiger partial charge in [0.1, 0.15) is 11.5 Å². The van der Waals surface area contributed by atoms with Crippen molar-refractivity contribution in [3.05, 3.63) is 49.9 Å². The van der Waals surface area contributed by atoms with Crippen LogP contribution in [0.1, 0.15) is 11.1 Å². The van der Waals surface area contributed by atoms with Gasteiger partial charge in [0.15, 0.2) is 0 Å². The van der Waals surface area contributed by atoms with Gasteiger partial charge in [0.25, 0.3) is 0 Å². The highest BCUT2D eigenvalue weighted by atomic mass is 79.9. The summed E-state index contributed by atoms with van der Waals surface area (Å²) in [7, 11) is 1.62. The van der Waals surface area contributed by atoms with Gasteiger partial charge in [0, 0.05) is 4.47 Å². The molecule has 4 nitrogen and oxygen atoms in total. The van der Waals surface area contributed by atoms with Crippen LogP contribution in [0.15, 0.2) is 28.7 Å². The lowest BCUT2D eigenvalue weighted by atomic mass is 9.77. The monoisotopic (exact) mass is 434 g/mol. The van der Waals surface area contributed by atoms with Crippen LogP contribution in [0.2, 0.25) is 10.0 Å². The maximum absolute atomic E-state index is 8.95. The summed E-state index contributed by atoms with van der Waals surface area (Å²) in [5.41, 5.74) is 2.24. The lowest BCUT2D eigenvalue weighted by Crippen LogP contribution is -2.32. The number of methoxy groups -OCH3 is 2. The molecule has 0 aliphatic rings. The average molecular weight is 436 g/mol. The first-order valence-corrected chi connectivity index (χ1v) is 8.46. The van der Waals surface area contributed by atoms with E-state index >= 15 is 0 Å². The first-order chi connectivity index (χ1) is 11.2. The zero-order chi connectivity index (χ0) is 18.4. The zero-order valence-corrected chi connectivity index (χ0v) is 16.8. The zero-order valence-electron chi connectivity index (χ0n) is 13.7. The molecule has 0 amide bonds. The molecule has 0 unspecified atom stereocenters. The number of hydrogen-bond donors (Lipinski definition) is 2. The molecule has 2 aromatic rings. The molecule has 2 aromatic carbocycles. The lowest BCUT2D eigenvalue weighted by molar-refractivity contribution is 0.414. The van der Waals surface area contributed by atoms with Gasteiger partial charge in [-0.05, 0) is 54.7 Å². The lowest BCUT2D eigenvalue weighted by Gasteiger charge is -2.08. The van der Waals surface area contributed by atoms with E-state index in [2.05, 4.69) is 15.9 Å². The fraction of sp³-hybridized carbons (Fsp3) is 0.250. The van der Waals surface area contributed by atoms with E-state index in [4.69, 9.17) is 42.7 Å². The van der Waals surface area contributed by atoms with Gasteiger partial charge >= 0.3 is 7.12 Å². The highest BCUT2D eigenvalue weighted by Crippen LogP contribution is 2.30. The van der Waals surface area contributed by atoms with Crippen molar-refractivity contribution in [3.8, 4) is 11.5 Å².